The molecule has 307 valence electrons. The van der Waals surface area contributed by atoms with Gasteiger partial charge >= 0.3 is 48.6 Å². The number of aliphatic hydroxyl groups is 1. The molecule has 0 aromatic heterocycles. The average molecular weight is 924 g/mol. The van der Waals surface area contributed by atoms with Crippen LogP contribution in [0.4, 0.5) is 0 Å². The molecule has 1 saturated heterocycles. The van der Waals surface area contributed by atoms with Gasteiger partial charge in [-0.15, -0.1) is 23.2 Å². The fourth-order valence-electron chi connectivity index (χ4n) is 4.24. The predicted molar refractivity (Wildman–Crippen MR) is 222 cm³/mol. The standard InChI is InChI=1S/C17H22O4.C10H10O.C7H11ClO3.C5H8Cl2O.3ClH.Ti/c1-3-6-13-9-11-14(12-10-13)17(20)15(18)7-4-5-8-16(19)21-2;1-2-3-9-4-6-10(8-11)7-5-9;1-6(11-10-2)4-3-5-7(8)9;6-5(7)4-2-1-3-8-4;;;;/h3,6,9-12,17,20H,4-5,7-8H2,1-2H3;2-8H,1H3;1,3-5H2,2H3;4-5H,1-3H2;3*1H;/q;;;;;;;+3/p-3/b6-3+;3-2+;;;;;;. The van der Waals surface area contributed by atoms with Crippen molar-refractivity contribution in [3.05, 3.63) is 95.3 Å². The van der Waals surface area contributed by atoms with Gasteiger partial charge in [-0.25, -0.2) is 0 Å². The molecule has 0 radical (unpaired) electrons. The number of Topliss-reactive ketones (excluding diaryl/α,β-unsaturated/α-hetero) is 1. The Morgan fingerprint density at radius 2 is 1.38 bits per heavy atom. The van der Waals surface area contributed by atoms with Crippen molar-refractivity contribution in [3.8, 4) is 0 Å². The van der Waals surface area contributed by atoms with Crippen molar-refractivity contribution in [1.29, 1.82) is 0 Å². The number of hydrogen-bond donors (Lipinski definition) is 1. The normalized spacial score (nSPS) is 13.4. The van der Waals surface area contributed by atoms with Crippen LogP contribution in [0.25, 0.3) is 12.2 Å². The summed E-state index contributed by atoms with van der Waals surface area (Å²) in [6, 6.07) is 14.7. The molecule has 0 spiro atoms. The number of esters is 1. The van der Waals surface area contributed by atoms with Crippen molar-refractivity contribution in [1.82, 2.24) is 0 Å². The third kappa shape index (κ3) is 33.0. The zero-order valence-corrected chi connectivity index (χ0v) is 37.6. The van der Waals surface area contributed by atoms with Gasteiger partial charge in [0.25, 0.3) is 0 Å². The van der Waals surface area contributed by atoms with Crippen molar-refractivity contribution < 1.29 is 58.2 Å². The van der Waals surface area contributed by atoms with Crippen molar-refractivity contribution in [2.45, 2.75) is 88.7 Å². The fraction of sp³-hybridized carbons (Fsp3) is 0.436. The summed E-state index contributed by atoms with van der Waals surface area (Å²) in [5, 5.41) is 9.67. The van der Waals surface area contributed by atoms with Crippen LogP contribution in [0.5, 0.6) is 0 Å². The Hall–Kier alpha value is -1.73. The molecule has 0 aliphatic carbocycles. The Balaban J connectivity index is 0. The van der Waals surface area contributed by atoms with E-state index in [9.17, 15) is 24.3 Å². The van der Waals surface area contributed by atoms with Crippen LogP contribution in [-0.2, 0) is 48.3 Å². The van der Waals surface area contributed by atoms with E-state index in [-0.39, 0.29) is 34.4 Å². The molecule has 2 aromatic rings. The Morgan fingerprint density at radius 3 is 1.78 bits per heavy atom. The molecular formula is C39H51Cl6O9Ti. The minimum atomic E-state index is -1.92. The summed E-state index contributed by atoms with van der Waals surface area (Å²) in [5.41, 5.74) is 3.47. The maximum absolute atomic E-state index is 11.9. The average Bonchev–Trinajstić information content (AvgIpc) is 3.71. The number of ketones is 1. The second-order valence-corrected chi connectivity index (χ2v) is 20.5. The number of halogens is 6. The van der Waals surface area contributed by atoms with Crippen LogP contribution >= 0.6 is 62.7 Å². The summed E-state index contributed by atoms with van der Waals surface area (Å²) < 4.78 is 9.68. The zero-order chi connectivity index (χ0) is 42.0. The summed E-state index contributed by atoms with van der Waals surface area (Å²) in [6.07, 6.45) is 13.1. The number of methoxy groups -OCH3 is 1. The van der Waals surface area contributed by atoms with Gasteiger partial charge in [0, 0.05) is 37.9 Å². The van der Waals surface area contributed by atoms with Crippen LogP contribution in [0.3, 0.4) is 0 Å². The molecule has 1 aliphatic heterocycles. The number of rotatable bonds is 17. The number of benzene rings is 2. The van der Waals surface area contributed by atoms with Gasteiger partial charge in [-0.3, -0.25) is 19.2 Å². The second kappa shape index (κ2) is 36.6. The van der Waals surface area contributed by atoms with Crippen LogP contribution in [-0.4, -0.2) is 60.2 Å². The number of aldehydes is 1. The minimum absolute atomic E-state index is 0.0957. The first-order valence-corrected chi connectivity index (χ1v) is 24.8. The molecule has 2 atom stereocenters. The summed E-state index contributed by atoms with van der Waals surface area (Å²) in [7, 11) is 17.7. The number of hydrogen-bond acceptors (Lipinski definition) is 9. The Labute approximate surface area is 358 Å². The topological polar surface area (TPSA) is 125 Å². The number of allylic oxidation sites excluding steroid dienone is 3. The van der Waals surface area contributed by atoms with E-state index < -0.39 is 20.8 Å². The number of carbonyl (C=O) groups excluding carboxylic acids is 4. The van der Waals surface area contributed by atoms with Crippen molar-refractivity contribution >= 4 is 98.2 Å². The van der Waals surface area contributed by atoms with E-state index in [2.05, 4.69) is 21.1 Å². The monoisotopic (exact) mass is 921 g/mol. The number of carbonyl (C=O) groups is 4. The van der Waals surface area contributed by atoms with E-state index in [1.807, 2.05) is 74.5 Å². The van der Waals surface area contributed by atoms with Crippen molar-refractivity contribution in [2.75, 3.05) is 20.8 Å². The molecule has 2 unspecified atom stereocenters. The molecule has 1 aliphatic rings. The van der Waals surface area contributed by atoms with Crippen LogP contribution in [0, 0.1) is 0 Å². The molecular weight excluding hydrogens is 873 g/mol. The molecule has 0 saturated carbocycles. The molecule has 3 rings (SSSR count). The molecule has 16 heteroatoms. The quantitative estimate of drug-likeness (QED) is 0.0190. The molecule has 55 heavy (non-hydrogen) atoms. The van der Waals surface area contributed by atoms with E-state index in [0.29, 0.717) is 49.8 Å². The maximum atomic E-state index is 11.9. The number of unbranched alkanes of at least 4 members (excludes halogenated alkanes) is 1. The number of aliphatic hydroxyl groups excluding tert-OH is 1. The van der Waals surface area contributed by atoms with Gasteiger partial charge in [0.05, 0.1) is 20.3 Å². The SMILES string of the molecule is C/C=C/c1ccc(C(O)C(=O)CCCCC(=O)OC)cc1.C/C=C/c1ccc(C=O)cc1.C=C(CCCC(=O)Cl)OOC.ClC(Cl)C1CCCO1.[Cl][Ti]([Cl])[Cl]. The van der Waals surface area contributed by atoms with Crippen molar-refractivity contribution in [2.24, 2.45) is 0 Å². The fourth-order valence-corrected chi connectivity index (χ4v) is 4.77. The van der Waals surface area contributed by atoms with Crippen molar-refractivity contribution in [3.63, 3.8) is 0 Å². The van der Waals surface area contributed by atoms with Gasteiger partial charge in [0.1, 0.15) is 23.0 Å². The van der Waals surface area contributed by atoms with E-state index in [0.717, 1.165) is 42.4 Å². The molecule has 2 aromatic carbocycles. The van der Waals surface area contributed by atoms with Gasteiger partial charge in [0.15, 0.2) is 5.78 Å². The molecule has 1 fully saturated rings. The van der Waals surface area contributed by atoms with Crippen LogP contribution in [0.1, 0.15) is 105 Å². The Morgan fingerprint density at radius 1 is 0.873 bits per heavy atom. The number of alkyl halides is 2. The molecule has 1 N–H and O–H groups in total. The second-order valence-electron chi connectivity index (χ2n) is 11.2. The summed E-state index contributed by atoms with van der Waals surface area (Å²) >= 11 is 14.2. The zero-order valence-electron chi connectivity index (χ0n) is 31.5. The van der Waals surface area contributed by atoms with Gasteiger partial charge < -0.3 is 19.5 Å². The third-order valence-corrected chi connectivity index (χ3v) is 7.66. The first-order valence-electron chi connectivity index (χ1n) is 17.1. The molecule has 0 bridgehead atoms. The van der Waals surface area contributed by atoms with E-state index in [4.69, 9.17) is 67.5 Å². The van der Waals surface area contributed by atoms with Gasteiger partial charge in [-0.1, -0.05) is 79.4 Å². The summed E-state index contributed by atoms with van der Waals surface area (Å²) in [6.45, 7) is 8.26. The molecule has 9 nitrogen and oxygen atoms in total. The summed E-state index contributed by atoms with van der Waals surface area (Å²) in [5.74, 6) is 0.00614. The van der Waals surface area contributed by atoms with E-state index >= 15 is 0 Å². The number of ether oxygens (including phenoxy) is 2. The predicted octanol–water partition coefficient (Wildman–Crippen LogP) is 11.6. The Kier molecular flexibility index (Phi) is 36.9. The Bertz CT molecular complexity index is 1400. The first kappa shape index (κ1) is 55.4. The van der Waals surface area contributed by atoms with Crippen LogP contribution in [0.15, 0.2) is 73.0 Å². The van der Waals surface area contributed by atoms with Gasteiger partial charge in [-0.05, 0) is 74.2 Å². The molecule has 0 amide bonds. The summed E-state index contributed by atoms with van der Waals surface area (Å²) in [4.78, 5) is 51.9. The third-order valence-electron chi connectivity index (χ3n) is 6.91. The van der Waals surface area contributed by atoms with Gasteiger partial charge in [-0.2, -0.15) is 4.89 Å². The van der Waals surface area contributed by atoms with Crippen LogP contribution < -0.4 is 0 Å². The van der Waals surface area contributed by atoms with E-state index in [1.54, 1.807) is 12.1 Å². The molecule has 1 heterocycles. The van der Waals surface area contributed by atoms with Gasteiger partial charge in [0.2, 0.25) is 5.24 Å². The van der Waals surface area contributed by atoms with Crippen LogP contribution in [0.2, 0.25) is 0 Å². The first-order chi connectivity index (χ1) is 26.1. The van der Waals surface area contributed by atoms with E-state index in [1.165, 1.54) is 14.2 Å².